The molecule has 1 N–H and O–H groups in total. The first-order valence-corrected chi connectivity index (χ1v) is 15.8. The van der Waals surface area contributed by atoms with Gasteiger partial charge in [0.05, 0.1) is 10.0 Å². The van der Waals surface area contributed by atoms with Crippen molar-refractivity contribution in [2.24, 2.45) is 5.92 Å². The Bertz CT molecular complexity index is 870. The SMILES string of the molecule is O=C(Nc1ccc(Cl)c(Cl)c1)N1CCN(C[C@@H]2CCCN(C3CCN(C4CCSCC4)CC3)C2)CC1. The van der Waals surface area contributed by atoms with Crippen LogP contribution in [0.15, 0.2) is 18.2 Å². The molecule has 0 aromatic heterocycles. The predicted molar refractivity (Wildman–Crippen MR) is 153 cm³/mol. The number of piperazine rings is 1. The Morgan fingerprint density at radius 1 is 0.861 bits per heavy atom. The number of likely N-dealkylation sites (tertiary alicyclic amines) is 2. The molecule has 4 saturated heterocycles. The molecular weight excluding hydrogens is 513 g/mol. The summed E-state index contributed by atoms with van der Waals surface area (Å²) in [6.45, 7) is 9.72. The average Bonchev–Trinajstić information content (AvgIpc) is 2.92. The second-order valence-electron chi connectivity index (χ2n) is 11.0. The van der Waals surface area contributed by atoms with Crippen LogP contribution >= 0.6 is 35.0 Å². The molecule has 1 aromatic carbocycles. The molecule has 0 bridgehead atoms. The number of rotatable bonds is 5. The van der Waals surface area contributed by atoms with E-state index in [0.717, 1.165) is 50.7 Å². The van der Waals surface area contributed by atoms with E-state index in [1.165, 1.54) is 76.2 Å². The molecular formula is C27H41Cl2N5OS. The zero-order valence-electron chi connectivity index (χ0n) is 21.3. The third-order valence-corrected chi connectivity index (χ3v) is 10.4. The fraction of sp³-hybridized carbons (Fsp3) is 0.741. The summed E-state index contributed by atoms with van der Waals surface area (Å²) in [6.07, 6.45) is 8.16. The first kappa shape index (κ1) is 26.9. The van der Waals surface area contributed by atoms with E-state index in [2.05, 4.69) is 31.8 Å². The van der Waals surface area contributed by atoms with Crippen molar-refractivity contribution < 1.29 is 4.79 Å². The largest absolute Gasteiger partial charge is 0.322 e. The summed E-state index contributed by atoms with van der Waals surface area (Å²) in [4.78, 5) is 22.8. The average molecular weight is 555 g/mol. The van der Waals surface area contributed by atoms with Crippen molar-refractivity contribution in [3.8, 4) is 0 Å². The van der Waals surface area contributed by atoms with Crippen LogP contribution in [0.2, 0.25) is 10.0 Å². The predicted octanol–water partition coefficient (Wildman–Crippen LogP) is 5.21. The van der Waals surface area contributed by atoms with Crippen molar-refractivity contribution in [1.82, 2.24) is 19.6 Å². The van der Waals surface area contributed by atoms with Gasteiger partial charge in [-0.15, -0.1) is 0 Å². The molecule has 0 aliphatic carbocycles. The van der Waals surface area contributed by atoms with E-state index >= 15 is 0 Å². The lowest BCUT2D eigenvalue weighted by molar-refractivity contribution is 0.0424. The van der Waals surface area contributed by atoms with Crippen LogP contribution in [0.1, 0.15) is 38.5 Å². The number of urea groups is 1. The van der Waals surface area contributed by atoms with Crippen LogP contribution in [0.4, 0.5) is 10.5 Å². The van der Waals surface area contributed by atoms with E-state index in [-0.39, 0.29) is 6.03 Å². The number of carbonyl (C=O) groups excluding carboxylic acids is 1. The normalized spacial score (nSPS) is 26.3. The maximum Gasteiger partial charge on any atom is 0.321 e. The molecule has 4 aliphatic heterocycles. The van der Waals surface area contributed by atoms with Gasteiger partial charge in [-0.3, -0.25) is 9.80 Å². The third kappa shape index (κ3) is 7.03. The minimum atomic E-state index is -0.0600. The summed E-state index contributed by atoms with van der Waals surface area (Å²) >= 11 is 14.2. The molecule has 1 atom stereocenters. The van der Waals surface area contributed by atoms with Gasteiger partial charge in [-0.05, 0) is 93.8 Å². The molecule has 5 rings (SSSR count). The van der Waals surface area contributed by atoms with Crippen LogP contribution in [0.25, 0.3) is 0 Å². The summed E-state index contributed by atoms with van der Waals surface area (Å²) in [7, 11) is 0. The van der Waals surface area contributed by atoms with Crippen molar-refractivity contribution in [1.29, 1.82) is 0 Å². The van der Waals surface area contributed by atoms with E-state index in [1.54, 1.807) is 18.2 Å². The Morgan fingerprint density at radius 2 is 1.58 bits per heavy atom. The molecule has 200 valence electrons. The van der Waals surface area contributed by atoms with Crippen LogP contribution < -0.4 is 5.32 Å². The quantitative estimate of drug-likeness (QED) is 0.541. The molecule has 2 amide bonds. The van der Waals surface area contributed by atoms with E-state index in [0.29, 0.717) is 15.7 Å². The van der Waals surface area contributed by atoms with Gasteiger partial charge in [-0.2, -0.15) is 11.8 Å². The number of halogens is 2. The maximum atomic E-state index is 12.7. The van der Waals surface area contributed by atoms with E-state index in [4.69, 9.17) is 23.2 Å². The molecule has 4 heterocycles. The minimum Gasteiger partial charge on any atom is -0.322 e. The zero-order valence-corrected chi connectivity index (χ0v) is 23.7. The molecule has 4 aliphatic rings. The van der Waals surface area contributed by atoms with Crippen molar-refractivity contribution in [2.45, 2.75) is 50.6 Å². The van der Waals surface area contributed by atoms with Crippen LogP contribution in [0.3, 0.4) is 0 Å². The Kier molecular flexibility index (Phi) is 9.64. The number of nitrogens with one attached hydrogen (secondary N) is 1. The smallest absolute Gasteiger partial charge is 0.321 e. The number of amides is 2. The highest BCUT2D eigenvalue weighted by Gasteiger charge is 2.32. The lowest BCUT2D eigenvalue weighted by Gasteiger charge is -2.45. The van der Waals surface area contributed by atoms with Crippen LogP contribution in [-0.2, 0) is 0 Å². The number of hydrogen-bond acceptors (Lipinski definition) is 5. The summed E-state index contributed by atoms with van der Waals surface area (Å²) in [5.74, 6) is 3.46. The van der Waals surface area contributed by atoms with Gasteiger partial charge < -0.3 is 15.1 Å². The van der Waals surface area contributed by atoms with Gasteiger partial charge in [-0.1, -0.05) is 23.2 Å². The summed E-state index contributed by atoms with van der Waals surface area (Å²) in [5.41, 5.74) is 0.683. The molecule has 0 saturated carbocycles. The van der Waals surface area contributed by atoms with Crippen LogP contribution in [0, 0.1) is 5.92 Å². The summed E-state index contributed by atoms with van der Waals surface area (Å²) in [6, 6.07) is 6.77. The van der Waals surface area contributed by atoms with E-state index in [1.807, 2.05) is 4.90 Å². The van der Waals surface area contributed by atoms with Gasteiger partial charge in [0, 0.05) is 57.0 Å². The summed E-state index contributed by atoms with van der Waals surface area (Å²) < 4.78 is 0. The molecule has 4 fully saturated rings. The number of piperidine rings is 2. The number of anilines is 1. The Labute approximate surface area is 231 Å². The molecule has 0 radical (unpaired) electrons. The Balaban J connectivity index is 1.03. The molecule has 0 unspecified atom stereocenters. The lowest BCUT2D eigenvalue weighted by atomic mass is 9.92. The number of nitrogens with zero attached hydrogens (tertiary/aromatic N) is 4. The molecule has 6 nitrogen and oxygen atoms in total. The van der Waals surface area contributed by atoms with E-state index < -0.39 is 0 Å². The highest BCUT2D eigenvalue weighted by atomic mass is 35.5. The van der Waals surface area contributed by atoms with E-state index in [9.17, 15) is 4.79 Å². The van der Waals surface area contributed by atoms with Crippen molar-refractivity contribution in [3.05, 3.63) is 28.2 Å². The number of benzene rings is 1. The second kappa shape index (κ2) is 12.9. The fourth-order valence-corrected chi connectivity index (χ4v) is 7.90. The van der Waals surface area contributed by atoms with Gasteiger partial charge in [0.25, 0.3) is 0 Å². The number of hydrogen-bond donors (Lipinski definition) is 1. The van der Waals surface area contributed by atoms with Gasteiger partial charge >= 0.3 is 6.03 Å². The minimum absolute atomic E-state index is 0.0600. The Hall–Kier alpha value is -0.700. The third-order valence-electron chi connectivity index (χ3n) is 8.62. The molecule has 36 heavy (non-hydrogen) atoms. The number of carbonyl (C=O) groups is 1. The molecule has 9 heteroatoms. The van der Waals surface area contributed by atoms with Gasteiger partial charge in [0.15, 0.2) is 0 Å². The second-order valence-corrected chi connectivity index (χ2v) is 13.0. The topological polar surface area (TPSA) is 42.1 Å². The zero-order chi connectivity index (χ0) is 24.9. The monoisotopic (exact) mass is 553 g/mol. The van der Waals surface area contributed by atoms with Crippen LogP contribution in [0.5, 0.6) is 0 Å². The van der Waals surface area contributed by atoms with Crippen LogP contribution in [-0.4, -0.2) is 108 Å². The van der Waals surface area contributed by atoms with Crippen molar-refractivity contribution in [2.75, 3.05) is 75.7 Å². The Morgan fingerprint density at radius 3 is 2.31 bits per heavy atom. The first-order chi connectivity index (χ1) is 17.5. The highest BCUT2D eigenvalue weighted by molar-refractivity contribution is 7.99. The van der Waals surface area contributed by atoms with Gasteiger partial charge in [0.1, 0.15) is 0 Å². The van der Waals surface area contributed by atoms with Crippen molar-refractivity contribution in [3.63, 3.8) is 0 Å². The highest BCUT2D eigenvalue weighted by Crippen LogP contribution is 2.29. The molecule has 1 aromatic rings. The fourth-order valence-electron chi connectivity index (χ4n) is 6.52. The number of thioether (sulfide) groups is 1. The maximum absolute atomic E-state index is 12.7. The van der Waals surface area contributed by atoms with Gasteiger partial charge in [0.2, 0.25) is 0 Å². The lowest BCUT2D eigenvalue weighted by Crippen LogP contribution is -2.54. The van der Waals surface area contributed by atoms with Gasteiger partial charge in [-0.25, -0.2) is 4.79 Å². The van der Waals surface area contributed by atoms with Crippen molar-refractivity contribution >= 4 is 46.7 Å². The first-order valence-electron chi connectivity index (χ1n) is 13.8. The standard InChI is InChI=1S/C27H41Cl2N5OS/c28-25-4-3-22(18-26(25)29)30-27(35)33-14-12-31(13-15-33)19-21-2-1-9-34(20-21)23-5-10-32(11-6-23)24-7-16-36-17-8-24/h3-4,18,21,23-24H,1-2,5-17,19-20H2,(H,30,35)/t21-/m0/s1. The molecule has 0 spiro atoms. The summed E-state index contributed by atoms with van der Waals surface area (Å²) in [5, 5.41) is 3.90.